The second-order valence-electron chi connectivity index (χ2n) is 6.66. The highest BCUT2D eigenvalue weighted by Crippen LogP contribution is 2.23. The fourth-order valence-corrected chi connectivity index (χ4v) is 3.39. The van der Waals surface area contributed by atoms with Gasteiger partial charge in [-0.2, -0.15) is 0 Å². The van der Waals surface area contributed by atoms with Gasteiger partial charge in [-0.25, -0.2) is 0 Å². The molecule has 0 aliphatic heterocycles. The lowest BCUT2D eigenvalue weighted by atomic mass is 10.1. The smallest absolute Gasteiger partial charge is 0.185 e. The number of benzene rings is 2. The molecule has 0 aliphatic rings. The van der Waals surface area contributed by atoms with Crippen LogP contribution >= 0.6 is 22.6 Å². The van der Waals surface area contributed by atoms with Crippen LogP contribution in [0.2, 0.25) is 0 Å². The SMILES string of the molecule is CN(C)CCCn1cc(/C=C/C(=O)c2ccc(I)cc2)c2ccccc21. The van der Waals surface area contributed by atoms with Gasteiger partial charge in [-0.3, -0.25) is 4.79 Å². The molecule has 0 amide bonds. The Morgan fingerprint density at radius 1 is 1.12 bits per heavy atom. The number of carbonyl (C=O) groups excluding carboxylic acids is 1. The van der Waals surface area contributed by atoms with Crippen molar-refractivity contribution in [1.82, 2.24) is 9.47 Å². The zero-order valence-corrected chi connectivity index (χ0v) is 17.3. The Bertz CT molecular complexity index is 923. The molecular formula is C22H23IN2O. The summed E-state index contributed by atoms with van der Waals surface area (Å²) in [6.07, 6.45) is 6.85. The molecule has 0 fully saturated rings. The molecule has 0 spiro atoms. The highest BCUT2D eigenvalue weighted by atomic mass is 127. The van der Waals surface area contributed by atoms with Gasteiger partial charge < -0.3 is 9.47 Å². The van der Waals surface area contributed by atoms with Crippen LogP contribution in [0, 0.1) is 3.57 Å². The number of halogens is 1. The Morgan fingerprint density at radius 3 is 2.58 bits per heavy atom. The number of aromatic nitrogens is 1. The van der Waals surface area contributed by atoms with E-state index in [0.717, 1.165) is 34.2 Å². The fourth-order valence-electron chi connectivity index (χ4n) is 3.03. The topological polar surface area (TPSA) is 25.2 Å². The summed E-state index contributed by atoms with van der Waals surface area (Å²) >= 11 is 2.24. The minimum Gasteiger partial charge on any atom is -0.347 e. The van der Waals surface area contributed by atoms with E-state index in [-0.39, 0.29) is 5.78 Å². The quantitative estimate of drug-likeness (QED) is 0.280. The molecule has 3 nitrogen and oxygen atoms in total. The Balaban J connectivity index is 1.83. The van der Waals surface area contributed by atoms with E-state index >= 15 is 0 Å². The number of rotatable bonds is 7. The maximum absolute atomic E-state index is 12.4. The molecule has 0 atom stereocenters. The second-order valence-corrected chi connectivity index (χ2v) is 7.90. The maximum Gasteiger partial charge on any atom is 0.185 e. The highest BCUT2D eigenvalue weighted by molar-refractivity contribution is 14.1. The van der Waals surface area contributed by atoms with Crippen molar-refractivity contribution in [2.24, 2.45) is 0 Å². The monoisotopic (exact) mass is 458 g/mol. The summed E-state index contributed by atoms with van der Waals surface area (Å²) in [6, 6.07) is 16.0. The van der Waals surface area contributed by atoms with Crippen molar-refractivity contribution in [2.75, 3.05) is 20.6 Å². The molecule has 0 unspecified atom stereocenters. The lowest BCUT2D eigenvalue weighted by Gasteiger charge is -2.10. The average Bonchev–Trinajstić information content (AvgIpc) is 2.98. The fraction of sp³-hybridized carbons (Fsp3) is 0.227. The largest absolute Gasteiger partial charge is 0.347 e. The van der Waals surface area contributed by atoms with Gasteiger partial charge in [0, 0.05) is 38.3 Å². The standard InChI is InChI=1S/C22H23IN2O/c1-24(2)14-5-15-25-16-18(20-6-3-4-7-21(20)25)10-13-22(26)17-8-11-19(23)12-9-17/h3-4,6-13,16H,5,14-15H2,1-2H3/b13-10+. The first-order valence-corrected chi connectivity index (χ1v) is 9.83. The number of para-hydroxylation sites is 1. The molecule has 2 aromatic carbocycles. The number of fused-ring (bicyclic) bond motifs is 1. The van der Waals surface area contributed by atoms with Gasteiger partial charge in [-0.15, -0.1) is 0 Å². The van der Waals surface area contributed by atoms with Crippen molar-refractivity contribution in [3.8, 4) is 0 Å². The van der Waals surface area contributed by atoms with Gasteiger partial charge in [0.1, 0.15) is 0 Å². The predicted molar refractivity (Wildman–Crippen MR) is 118 cm³/mol. The average molecular weight is 458 g/mol. The van der Waals surface area contributed by atoms with E-state index in [1.807, 2.05) is 36.4 Å². The Hall–Kier alpha value is -1.92. The van der Waals surface area contributed by atoms with Crippen LogP contribution in [0.15, 0.2) is 60.8 Å². The van der Waals surface area contributed by atoms with Crippen molar-refractivity contribution in [3.63, 3.8) is 0 Å². The van der Waals surface area contributed by atoms with E-state index in [0.29, 0.717) is 0 Å². The molecule has 0 N–H and O–H groups in total. The Kier molecular flexibility index (Phi) is 6.27. The van der Waals surface area contributed by atoms with Crippen LogP contribution in [-0.2, 0) is 6.54 Å². The normalized spacial score (nSPS) is 11.7. The molecule has 0 saturated heterocycles. The molecule has 4 heteroatoms. The molecule has 0 bridgehead atoms. The van der Waals surface area contributed by atoms with Crippen LogP contribution in [-0.4, -0.2) is 35.9 Å². The molecule has 0 radical (unpaired) electrons. The van der Waals surface area contributed by atoms with E-state index in [1.165, 1.54) is 10.9 Å². The maximum atomic E-state index is 12.4. The van der Waals surface area contributed by atoms with Gasteiger partial charge in [0.15, 0.2) is 5.78 Å². The van der Waals surface area contributed by atoms with E-state index in [1.54, 1.807) is 6.08 Å². The molecule has 0 saturated carbocycles. The summed E-state index contributed by atoms with van der Waals surface area (Å²) in [4.78, 5) is 14.6. The van der Waals surface area contributed by atoms with Gasteiger partial charge >= 0.3 is 0 Å². The number of hydrogen-bond acceptors (Lipinski definition) is 2. The van der Waals surface area contributed by atoms with Crippen LogP contribution in [0.3, 0.4) is 0 Å². The lowest BCUT2D eigenvalue weighted by Crippen LogP contribution is -2.14. The number of ketones is 1. The summed E-state index contributed by atoms with van der Waals surface area (Å²) in [6.45, 7) is 2.03. The molecule has 1 aromatic heterocycles. The number of aryl methyl sites for hydroxylation is 1. The third kappa shape index (κ3) is 4.62. The summed E-state index contributed by atoms with van der Waals surface area (Å²) in [5.41, 5.74) is 3.02. The third-order valence-electron chi connectivity index (χ3n) is 4.37. The minimum atomic E-state index is 0.0332. The molecule has 3 aromatic rings. The molecular weight excluding hydrogens is 435 g/mol. The number of nitrogens with zero attached hydrogens (tertiary/aromatic N) is 2. The predicted octanol–water partition coefficient (Wildman–Crippen LogP) is 5.09. The van der Waals surface area contributed by atoms with Crippen LogP contribution in [0.1, 0.15) is 22.3 Å². The van der Waals surface area contributed by atoms with Gasteiger partial charge in [0.05, 0.1) is 0 Å². The van der Waals surface area contributed by atoms with Crippen LogP contribution in [0.5, 0.6) is 0 Å². The van der Waals surface area contributed by atoms with Crippen molar-refractivity contribution in [2.45, 2.75) is 13.0 Å². The van der Waals surface area contributed by atoms with Crippen LogP contribution in [0.4, 0.5) is 0 Å². The summed E-state index contributed by atoms with van der Waals surface area (Å²) < 4.78 is 3.41. The number of allylic oxidation sites excluding steroid dienone is 1. The van der Waals surface area contributed by atoms with E-state index in [9.17, 15) is 4.79 Å². The minimum absolute atomic E-state index is 0.0332. The molecule has 0 aliphatic carbocycles. The summed E-state index contributed by atoms with van der Waals surface area (Å²) in [5.74, 6) is 0.0332. The van der Waals surface area contributed by atoms with Crippen LogP contribution in [0.25, 0.3) is 17.0 Å². The number of hydrogen-bond donors (Lipinski definition) is 0. The van der Waals surface area contributed by atoms with Gasteiger partial charge in [-0.1, -0.05) is 30.3 Å². The van der Waals surface area contributed by atoms with Crippen molar-refractivity contribution < 1.29 is 4.79 Å². The first-order valence-electron chi connectivity index (χ1n) is 8.75. The summed E-state index contributed by atoms with van der Waals surface area (Å²) in [7, 11) is 4.19. The molecule has 134 valence electrons. The summed E-state index contributed by atoms with van der Waals surface area (Å²) in [5, 5.41) is 1.18. The molecule has 26 heavy (non-hydrogen) atoms. The van der Waals surface area contributed by atoms with Gasteiger partial charge in [-0.05, 0) is 80.0 Å². The van der Waals surface area contributed by atoms with Gasteiger partial charge in [0.25, 0.3) is 0 Å². The van der Waals surface area contributed by atoms with Crippen molar-refractivity contribution in [3.05, 3.63) is 75.5 Å². The van der Waals surface area contributed by atoms with Crippen molar-refractivity contribution >= 4 is 45.4 Å². The number of carbonyl (C=O) groups is 1. The van der Waals surface area contributed by atoms with Gasteiger partial charge in [0.2, 0.25) is 0 Å². The zero-order chi connectivity index (χ0) is 18.5. The van der Waals surface area contributed by atoms with Crippen molar-refractivity contribution in [1.29, 1.82) is 0 Å². The first-order chi connectivity index (χ1) is 12.5. The first kappa shape index (κ1) is 18.9. The van der Waals surface area contributed by atoms with E-state index in [4.69, 9.17) is 0 Å². The van der Waals surface area contributed by atoms with E-state index < -0.39 is 0 Å². The second kappa shape index (κ2) is 8.64. The molecule has 1 heterocycles. The van der Waals surface area contributed by atoms with Crippen LogP contribution < -0.4 is 0 Å². The van der Waals surface area contributed by atoms with E-state index in [2.05, 4.69) is 70.5 Å². The molecule has 3 rings (SSSR count). The highest BCUT2D eigenvalue weighted by Gasteiger charge is 2.07. The lowest BCUT2D eigenvalue weighted by molar-refractivity contribution is 0.104. The zero-order valence-electron chi connectivity index (χ0n) is 15.2. The Labute approximate surface area is 168 Å². The third-order valence-corrected chi connectivity index (χ3v) is 5.09. The Morgan fingerprint density at radius 2 is 1.85 bits per heavy atom.